The third kappa shape index (κ3) is 3.79. The van der Waals surface area contributed by atoms with Crippen LogP contribution in [0.1, 0.15) is 19.3 Å². The van der Waals surface area contributed by atoms with E-state index in [1.165, 1.54) is 0 Å². The van der Waals surface area contributed by atoms with Crippen LogP contribution < -0.4 is 4.74 Å². The van der Waals surface area contributed by atoms with Crippen LogP contribution in [0.15, 0.2) is 42.2 Å². The maximum atomic E-state index is 9.88. The van der Waals surface area contributed by atoms with Gasteiger partial charge < -0.3 is 14.6 Å². The summed E-state index contributed by atoms with van der Waals surface area (Å²) in [5, 5.41) is 9.88. The van der Waals surface area contributed by atoms with Crippen molar-refractivity contribution in [3.63, 3.8) is 0 Å². The molecular weight excluding hydrogens is 216 g/mol. The summed E-state index contributed by atoms with van der Waals surface area (Å²) >= 11 is 0. The normalized spacial score (nSPS) is 16.9. The summed E-state index contributed by atoms with van der Waals surface area (Å²) in [6.07, 6.45) is 4.01. The number of ether oxygens (including phenoxy) is 2. The highest BCUT2D eigenvalue weighted by Crippen LogP contribution is 2.16. The lowest BCUT2D eigenvalue weighted by atomic mass is 10.1. The fourth-order valence-corrected chi connectivity index (χ4v) is 1.76. The monoisotopic (exact) mass is 234 g/mol. The topological polar surface area (TPSA) is 38.7 Å². The molecule has 0 fully saturated rings. The lowest BCUT2D eigenvalue weighted by molar-refractivity contribution is 0.0771. The van der Waals surface area contributed by atoms with Crippen LogP contribution in [-0.4, -0.2) is 24.4 Å². The Hall–Kier alpha value is -1.48. The average Bonchev–Trinajstić information content (AvgIpc) is 2.41. The Morgan fingerprint density at radius 1 is 1.29 bits per heavy atom. The molecule has 2 rings (SSSR count). The van der Waals surface area contributed by atoms with E-state index in [-0.39, 0.29) is 0 Å². The Morgan fingerprint density at radius 2 is 2.12 bits per heavy atom. The van der Waals surface area contributed by atoms with Crippen LogP contribution in [0.3, 0.4) is 0 Å². The van der Waals surface area contributed by atoms with Crippen molar-refractivity contribution in [2.45, 2.75) is 25.4 Å². The summed E-state index contributed by atoms with van der Waals surface area (Å²) in [4.78, 5) is 0. The molecule has 1 aliphatic rings. The zero-order chi connectivity index (χ0) is 11.9. The summed E-state index contributed by atoms with van der Waals surface area (Å²) in [5.74, 6) is 1.53. The van der Waals surface area contributed by atoms with Crippen molar-refractivity contribution in [2.24, 2.45) is 0 Å². The molecule has 0 saturated heterocycles. The summed E-state index contributed by atoms with van der Waals surface area (Å²) in [6.45, 7) is 1.20. The molecule has 0 radical (unpaired) electrons. The van der Waals surface area contributed by atoms with Crippen LogP contribution in [0.4, 0.5) is 0 Å². The Kier molecular flexibility index (Phi) is 4.45. The molecule has 3 nitrogen and oxygen atoms in total. The first-order chi connectivity index (χ1) is 8.36. The highest BCUT2D eigenvalue weighted by atomic mass is 16.5. The third-order valence-corrected chi connectivity index (χ3v) is 2.69. The predicted octanol–water partition coefficient (Wildman–Crippen LogP) is 2.51. The minimum atomic E-state index is -0.543. The molecule has 1 aromatic carbocycles. The van der Waals surface area contributed by atoms with Crippen LogP contribution in [0.2, 0.25) is 0 Å². The number of hydrogen-bond acceptors (Lipinski definition) is 3. The third-order valence-electron chi connectivity index (χ3n) is 2.69. The van der Waals surface area contributed by atoms with Crippen LogP contribution in [0, 0.1) is 0 Å². The summed E-state index contributed by atoms with van der Waals surface area (Å²) in [5.41, 5.74) is 0. The maximum Gasteiger partial charge on any atom is 0.121 e. The standard InChI is InChI=1S/C14H18O3/c15-13(14-8-4-5-10-17-14)9-11-16-12-6-2-1-3-7-12/h1-3,6-8,13,15H,4-5,9-11H2. The van der Waals surface area contributed by atoms with E-state index < -0.39 is 6.10 Å². The van der Waals surface area contributed by atoms with Gasteiger partial charge in [-0.3, -0.25) is 0 Å². The SMILES string of the molecule is OC(CCOc1ccccc1)C1=CCCCO1. The van der Waals surface area contributed by atoms with E-state index in [1.807, 2.05) is 36.4 Å². The summed E-state index contributed by atoms with van der Waals surface area (Å²) in [6, 6.07) is 9.62. The summed E-state index contributed by atoms with van der Waals surface area (Å²) in [7, 11) is 0. The number of hydrogen-bond donors (Lipinski definition) is 1. The molecule has 1 aliphatic heterocycles. The second-order valence-corrected chi connectivity index (χ2v) is 4.06. The molecule has 0 saturated carbocycles. The molecule has 0 bridgehead atoms. The van der Waals surface area contributed by atoms with Crippen molar-refractivity contribution in [3.8, 4) is 5.75 Å². The maximum absolute atomic E-state index is 9.88. The molecule has 92 valence electrons. The van der Waals surface area contributed by atoms with Crippen LogP contribution >= 0.6 is 0 Å². The largest absolute Gasteiger partial charge is 0.496 e. The molecule has 17 heavy (non-hydrogen) atoms. The predicted molar refractivity (Wildman–Crippen MR) is 65.8 cm³/mol. The Balaban J connectivity index is 1.73. The minimum Gasteiger partial charge on any atom is -0.496 e. The Morgan fingerprint density at radius 3 is 2.82 bits per heavy atom. The van der Waals surface area contributed by atoms with Gasteiger partial charge in [0.05, 0.1) is 13.2 Å². The van der Waals surface area contributed by atoms with Gasteiger partial charge in [-0.25, -0.2) is 0 Å². The second-order valence-electron chi connectivity index (χ2n) is 4.06. The van der Waals surface area contributed by atoms with Gasteiger partial charge in [0.25, 0.3) is 0 Å². The number of para-hydroxylation sites is 1. The molecule has 0 amide bonds. The van der Waals surface area contributed by atoms with E-state index in [0.29, 0.717) is 25.4 Å². The van der Waals surface area contributed by atoms with Gasteiger partial charge in [0, 0.05) is 6.42 Å². The number of allylic oxidation sites excluding steroid dienone is 1. The van der Waals surface area contributed by atoms with Crippen molar-refractivity contribution < 1.29 is 14.6 Å². The quantitative estimate of drug-likeness (QED) is 0.850. The van der Waals surface area contributed by atoms with Crippen molar-refractivity contribution in [1.29, 1.82) is 0 Å². The lowest BCUT2D eigenvalue weighted by Gasteiger charge is -2.19. The molecule has 0 aliphatic carbocycles. The van der Waals surface area contributed by atoms with Crippen LogP contribution in [-0.2, 0) is 4.74 Å². The first kappa shape index (κ1) is 12.0. The van der Waals surface area contributed by atoms with Gasteiger partial charge in [0.2, 0.25) is 0 Å². The Bertz CT molecular complexity index is 359. The molecule has 1 heterocycles. The lowest BCUT2D eigenvalue weighted by Crippen LogP contribution is -2.19. The molecule has 3 heteroatoms. The average molecular weight is 234 g/mol. The molecule has 1 N–H and O–H groups in total. The molecule has 0 aromatic heterocycles. The number of aliphatic hydroxyl groups excluding tert-OH is 1. The van der Waals surface area contributed by atoms with Gasteiger partial charge in [-0.2, -0.15) is 0 Å². The molecule has 0 spiro atoms. The van der Waals surface area contributed by atoms with Gasteiger partial charge in [-0.15, -0.1) is 0 Å². The van der Waals surface area contributed by atoms with Gasteiger partial charge in [0.15, 0.2) is 0 Å². The van der Waals surface area contributed by atoms with Gasteiger partial charge in [-0.1, -0.05) is 18.2 Å². The summed E-state index contributed by atoms with van der Waals surface area (Å²) < 4.78 is 10.9. The van der Waals surface area contributed by atoms with Gasteiger partial charge >= 0.3 is 0 Å². The fourth-order valence-electron chi connectivity index (χ4n) is 1.76. The van der Waals surface area contributed by atoms with Crippen molar-refractivity contribution in [3.05, 3.63) is 42.2 Å². The zero-order valence-electron chi connectivity index (χ0n) is 9.84. The van der Waals surface area contributed by atoms with Crippen LogP contribution in [0.5, 0.6) is 5.75 Å². The molecular formula is C14H18O3. The highest BCUT2D eigenvalue weighted by molar-refractivity contribution is 5.20. The van der Waals surface area contributed by atoms with Gasteiger partial charge in [0.1, 0.15) is 17.6 Å². The van der Waals surface area contributed by atoms with E-state index >= 15 is 0 Å². The second kappa shape index (κ2) is 6.30. The minimum absolute atomic E-state index is 0.492. The van der Waals surface area contributed by atoms with Crippen molar-refractivity contribution >= 4 is 0 Å². The van der Waals surface area contributed by atoms with E-state index in [0.717, 1.165) is 18.6 Å². The first-order valence-electron chi connectivity index (χ1n) is 6.05. The zero-order valence-corrected chi connectivity index (χ0v) is 9.84. The number of benzene rings is 1. The molecule has 1 atom stereocenters. The van der Waals surface area contributed by atoms with Crippen LogP contribution in [0.25, 0.3) is 0 Å². The number of aliphatic hydroxyl groups is 1. The highest BCUT2D eigenvalue weighted by Gasteiger charge is 2.14. The van der Waals surface area contributed by atoms with E-state index in [2.05, 4.69) is 0 Å². The number of rotatable bonds is 5. The molecule has 1 aromatic rings. The van der Waals surface area contributed by atoms with Gasteiger partial charge in [-0.05, 0) is 31.1 Å². The molecule has 1 unspecified atom stereocenters. The van der Waals surface area contributed by atoms with Crippen molar-refractivity contribution in [2.75, 3.05) is 13.2 Å². The fraction of sp³-hybridized carbons (Fsp3) is 0.429. The first-order valence-corrected chi connectivity index (χ1v) is 6.05. The Labute approximate surface area is 102 Å². The van der Waals surface area contributed by atoms with E-state index in [9.17, 15) is 5.11 Å². The van der Waals surface area contributed by atoms with E-state index in [4.69, 9.17) is 9.47 Å². The smallest absolute Gasteiger partial charge is 0.121 e. The van der Waals surface area contributed by atoms with E-state index in [1.54, 1.807) is 0 Å². The van der Waals surface area contributed by atoms with Crippen molar-refractivity contribution in [1.82, 2.24) is 0 Å².